The number of rotatable bonds is 9. The van der Waals surface area contributed by atoms with Crippen LogP contribution in [0.5, 0.6) is 0 Å². The number of benzene rings is 1. The van der Waals surface area contributed by atoms with Crippen LogP contribution in [0.25, 0.3) is 0 Å². The first kappa shape index (κ1) is 16.9. The monoisotopic (exact) mass is 301 g/mol. The number of methoxy groups -OCH3 is 1. The van der Waals surface area contributed by atoms with Gasteiger partial charge in [0.2, 0.25) is 0 Å². The molecule has 0 heterocycles. The van der Waals surface area contributed by atoms with Gasteiger partial charge in [-0.25, -0.2) is 0 Å². The van der Waals surface area contributed by atoms with E-state index in [0.717, 1.165) is 4.90 Å². The number of nitrogens with zero attached hydrogens (tertiary/aromatic N) is 1. The number of aliphatic hydroxyl groups is 1. The minimum atomic E-state index is -0.588. The van der Waals surface area contributed by atoms with Crippen molar-refractivity contribution in [2.45, 2.75) is 24.0 Å². The lowest BCUT2D eigenvalue weighted by Gasteiger charge is -2.15. The van der Waals surface area contributed by atoms with Crippen LogP contribution in [0, 0.1) is 10.1 Å². The second kappa shape index (κ2) is 8.91. The highest BCUT2D eigenvalue weighted by molar-refractivity contribution is 7.99. The molecule has 0 fully saturated rings. The average Bonchev–Trinajstić information content (AvgIpc) is 2.43. The van der Waals surface area contributed by atoms with Crippen LogP contribution in [0.15, 0.2) is 29.2 Å². The Hall–Kier alpha value is -1.15. The molecule has 20 heavy (non-hydrogen) atoms. The number of hydrogen-bond acceptors (Lipinski definition) is 6. The Labute approximate surface area is 122 Å². The van der Waals surface area contributed by atoms with Crippen molar-refractivity contribution in [1.29, 1.82) is 0 Å². The Morgan fingerprint density at radius 2 is 2.00 bits per heavy atom. The van der Waals surface area contributed by atoms with E-state index in [1.165, 1.54) is 23.9 Å². The van der Waals surface area contributed by atoms with Crippen molar-refractivity contribution < 1.29 is 19.5 Å². The van der Waals surface area contributed by atoms with Gasteiger partial charge in [-0.15, -0.1) is 11.8 Å². The summed E-state index contributed by atoms with van der Waals surface area (Å²) in [6.07, 6.45) is -0.645. The zero-order chi connectivity index (χ0) is 15.0. The summed E-state index contributed by atoms with van der Waals surface area (Å²) in [7, 11) is 1.60. The number of ether oxygens (including phenoxy) is 2. The molecule has 1 rings (SSSR count). The van der Waals surface area contributed by atoms with Gasteiger partial charge < -0.3 is 14.6 Å². The van der Waals surface area contributed by atoms with Gasteiger partial charge in [-0.05, 0) is 19.1 Å². The molecule has 0 aromatic heterocycles. The molecular weight excluding hydrogens is 282 g/mol. The summed E-state index contributed by atoms with van der Waals surface area (Å²) in [5, 5.41) is 20.3. The van der Waals surface area contributed by atoms with Crippen molar-refractivity contribution in [3.63, 3.8) is 0 Å². The third-order valence-electron chi connectivity index (χ3n) is 2.46. The van der Waals surface area contributed by atoms with E-state index in [4.69, 9.17) is 9.47 Å². The van der Waals surface area contributed by atoms with E-state index in [1.807, 2.05) is 6.92 Å². The lowest BCUT2D eigenvalue weighted by atomic mass is 10.3. The van der Waals surface area contributed by atoms with Gasteiger partial charge in [-0.2, -0.15) is 0 Å². The highest BCUT2D eigenvalue weighted by Crippen LogP contribution is 2.22. The molecule has 2 unspecified atom stereocenters. The predicted molar refractivity (Wildman–Crippen MR) is 77.1 cm³/mol. The first-order chi connectivity index (χ1) is 9.52. The summed E-state index contributed by atoms with van der Waals surface area (Å²) in [6.45, 7) is 2.60. The molecule has 0 aliphatic rings. The van der Waals surface area contributed by atoms with E-state index in [-0.39, 0.29) is 18.4 Å². The van der Waals surface area contributed by atoms with Crippen LogP contribution >= 0.6 is 11.8 Å². The molecule has 0 aliphatic heterocycles. The molecule has 0 saturated carbocycles. The Bertz CT molecular complexity index is 412. The standard InChI is InChI=1S/C13H19NO5S/c1-10(7-18-2)19-8-12(15)9-20-13-5-3-11(4-6-13)14(16)17/h3-6,10,12,15H,7-9H2,1-2H3. The Morgan fingerprint density at radius 3 is 2.55 bits per heavy atom. The number of nitro benzene ring substituents is 1. The van der Waals surface area contributed by atoms with E-state index in [1.54, 1.807) is 19.2 Å². The molecular formula is C13H19NO5S. The second-order valence-electron chi connectivity index (χ2n) is 4.32. The Balaban J connectivity index is 2.30. The summed E-state index contributed by atoms with van der Waals surface area (Å²) in [4.78, 5) is 11.0. The molecule has 2 atom stereocenters. The second-order valence-corrected chi connectivity index (χ2v) is 5.41. The predicted octanol–water partition coefficient (Wildman–Crippen LogP) is 2.10. The molecule has 6 nitrogen and oxygen atoms in total. The third kappa shape index (κ3) is 6.33. The SMILES string of the molecule is COCC(C)OCC(O)CSc1ccc([N+](=O)[O-])cc1. The van der Waals surface area contributed by atoms with Gasteiger partial charge in [0.05, 0.1) is 30.3 Å². The van der Waals surface area contributed by atoms with Crippen LogP contribution in [0.1, 0.15) is 6.92 Å². The Morgan fingerprint density at radius 1 is 1.35 bits per heavy atom. The zero-order valence-corrected chi connectivity index (χ0v) is 12.3. The summed E-state index contributed by atoms with van der Waals surface area (Å²) < 4.78 is 10.3. The van der Waals surface area contributed by atoms with Crippen LogP contribution < -0.4 is 0 Å². The van der Waals surface area contributed by atoms with E-state index in [0.29, 0.717) is 12.4 Å². The number of nitro groups is 1. The lowest BCUT2D eigenvalue weighted by Crippen LogP contribution is -2.24. The molecule has 1 aromatic rings. The smallest absolute Gasteiger partial charge is 0.269 e. The highest BCUT2D eigenvalue weighted by Gasteiger charge is 2.10. The van der Waals surface area contributed by atoms with Gasteiger partial charge in [0.1, 0.15) is 0 Å². The fourth-order valence-corrected chi connectivity index (χ4v) is 2.27. The van der Waals surface area contributed by atoms with Gasteiger partial charge >= 0.3 is 0 Å². The summed E-state index contributed by atoms with van der Waals surface area (Å²) >= 11 is 1.43. The first-order valence-electron chi connectivity index (χ1n) is 6.18. The minimum Gasteiger partial charge on any atom is -0.390 e. The molecule has 0 spiro atoms. The lowest BCUT2D eigenvalue weighted by molar-refractivity contribution is -0.384. The quantitative estimate of drug-likeness (QED) is 0.427. The van der Waals surface area contributed by atoms with Gasteiger partial charge in [0.25, 0.3) is 5.69 Å². The highest BCUT2D eigenvalue weighted by atomic mass is 32.2. The molecule has 1 aromatic carbocycles. The fourth-order valence-electron chi connectivity index (χ4n) is 1.46. The van der Waals surface area contributed by atoms with E-state index < -0.39 is 11.0 Å². The van der Waals surface area contributed by atoms with E-state index in [2.05, 4.69) is 0 Å². The summed E-state index contributed by atoms with van der Waals surface area (Å²) in [5.41, 5.74) is 0.0617. The van der Waals surface area contributed by atoms with Crippen LogP contribution in [-0.2, 0) is 9.47 Å². The van der Waals surface area contributed by atoms with Crippen LogP contribution in [0.2, 0.25) is 0 Å². The van der Waals surface area contributed by atoms with E-state index >= 15 is 0 Å². The zero-order valence-electron chi connectivity index (χ0n) is 11.5. The van der Waals surface area contributed by atoms with Gasteiger partial charge in [-0.1, -0.05) is 0 Å². The van der Waals surface area contributed by atoms with Crippen LogP contribution in [0.4, 0.5) is 5.69 Å². The minimum absolute atomic E-state index is 0.0565. The Kier molecular flexibility index (Phi) is 7.53. The van der Waals surface area contributed by atoms with E-state index in [9.17, 15) is 15.2 Å². The number of hydrogen-bond donors (Lipinski definition) is 1. The van der Waals surface area contributed by atoms with Crippen molar-refractivity contribution in [1.82, 2.24) is 0 Å². The first-order valence-corrected chi connectivity index (χ1v) is 7.17. The van der Waals surface area contributed by atoms with Crippen LogP contribution in [-0.4, -0.2) is 48.3 Å². The largest absolute Gasteiger partial charge is 0.390 e. The third-order valence-corrected chi connectivity index (χ3v) is 3.62. The van der Waals surface area contributed by atoms with Crippen molar-refractivity contribution >= 4 is 17.4 Å². The number of non-ortho nitro benzene ring substituents is 1. The number of thioether (sulfide) groups is 1. The van der Waals surface area contributed by atoms with Gasteiger partial charge in [0.15, 0.2) is 0 Å². The molecule has 1 N–H and O–H groups in total. The van der Waals surface area contributed by atoms with Crippen molar-refractivity contribution in [2.75, 3.05) is 26.1 Å². The molecule has 0 radical (unpaired) electrons. The molecule has 0 amide bonds. The molecule has 0 aliphatic carbocycles. The summed E-state index contributed by atoms with van der Waals surface area (Å²) in [6, 6.07) is 6.24. The maximum Gasteiger partial charge on any atom is 0.269 e. The van der Waals surface area contributed by atoms with Gasteiger partial charge in [-0.3, -0.25) is 10.1 Å². The molecule has 0 saturated heterocycles. The topological polar surface area (TPSA) is 81.8 Å². The van der Waals surface area contributed by atoms with Crippen molar-refractivity contribution in [3.05, 3.63) is 34.4 Å². The maximum absolute atomic E-state index is 10.5. The number of aliphatic hydroxyl groups excluding tert-OH is 1. The van der Waals surface area contributed by atoms with Crippen LogP contribution in [0.3, 0.4) is 0 Å². The summed E-state index contributed by atoms with van der Waals surface area (Å²) in [5.74, 6) is 0.470. The molecule has 0 bridgehead atoms. The van der Waals surface area contributed by atoms with Gasteiger partial charge in [0, 0.05) is 29.9 Å². The average molecular weight is 301 g/mol. The van der Waals surface area contributed by atoms with Crippen molar-refractivity contribution in [2.24, 2.45) is 0 Å². The maximum atomic E-state index is 10.5. The fraction of sp³-hybridized carbons (Fsp3) is 0.538. The van der Waals surface area contributed by atoms with Crippen molar-refractivity contribution in [3.8, 4) is 0 Å². The molecule has 112 valence electrons. The molecule has 7 heteroatoms. The normalized spacial score (nSPS) is 13.9.